The van der Waals surface area contributed by atoms with Gasteiger partial charge in [-0.15, -0.1) is 0 Å². The van der Waals surface area contributed by atoms with Crippen molar-refractivity contribution in [1.82, 2.24) is 0 Å². The fraction of sp³-hybridized carbons (Fsp3) is 1.00. The highest BCUT2D eigenvalue weighted by Crippen LogP contribution is 2.02. The van der Waals surface area contributed by atoms with Gasteiger partial charge in [0.05, 0.1) is 5.54 Å². The molecule has 0 aliphatic heterocycles. The Morgan fingerprint density at radius 3 is 1.86 bits per heavy atom. The number of hydrogen-bond acceptors (Lipinski definition) is 0. The zero-order valence-corrected chi connectivity index (χ0v) is 5.62. The lowest BCUT2D eigenvalue weighted by molar-refractivity contribution is -0.467. The highest BCUT2D eigenvalue weighted by molar-refractivity contribution is 4.59. The smallest absolute Gasteiger partial charge is 0.0888 e. The summed E-state index contributed by atoms with van der Waals surface area (Å²) in [5, 5.41) is 0. The average molecular weight is 102 g/mol. The summed E-state index contributed by atoms with van der Waals surface area (Å²) in [5.41, 5.74) is 4.26. The summed E-state index contributed by atoms with van der Waals surface area (Å²) >= 11 is 0. The second-order valence-electron chi connectivity index (χ2n) is 2.91. The molecule has 0 aromatic heterocycles. The van der Waals surface area contributed by atoms with Gasteiger partial charge < -0.3 is 5.73 Å². The number of hydrogen-bond donors (Lipinski definition) is 1. The van der Waals surface area contributed by atoms with Crippen molar-refractivity contribution in [1.29, 1.82) is 0 Å². The molecule has 0 spiro atoms. The van der Waals surface area contributed by atoms with Crippen molar-refractivity contribution in [2.45, 2.75) is 39.2 Å². The molecule has 0 amide bonds. The molecule has 0 unspecified atom stereocenters. The van der Waals surface area contributed by atoms with E-state index in [0.717, 1.165) is 0 Å². The molecule has 0 aliphatic rings. The van der Waals surface area contributed by atoms with Crippen molar-refractivity contribution in [3.8, 4) is 0 Å². The zero-order valence-electron chi connectivity index (χ0n) is 5.62. The number of rotatable bonds is 2. The van der Waals surface area contributed by atoms with Crippen LogP contribution < -0.4 is 5.73 Å². The van der Waals surface area contributed by atoms with E-state index in [2.05, 4.69) is 26.5 Å². The Morgan fingerprint density at radius 2 is 1.86 bits per heavy atom. The van der Waals surface area contributed by atoms with Crippen LogP contribution >= 0.6 is 0 Å². The Kier molecular flexibility index (Phi) is 2.30. The normalized spacial score (nSPS) is 12.0. The summed E-state index contributed by atoms with van der Waals surface area (Å²) in [5.74, 6) is 0. The van der Waals surface area contributed by atoms with Crippen LogP contribution in [0.15, 0.2) is 0 Å². The molecular formula is C6H16N+. The minimum absolute atomic E-state index is 0.300. The van der Waals surface area contributed by atoms with Gasteiger partial charge >= 0.3 is 0 Å². The van der Waals surface area contributed by atoms with Gasteiger partial charge in [0.1, 0.15) is 0 Å². The summed E-state index contributed by atoms with van der Waals surface area (Å²) in [6.07, 6.45) is 2.48. The molecule has 3 N–H and O–H groups in total. The summed E-state index contributed by atoms with van der Waals surface area (Å²) in [6, 6.07) is 0. The highest BCUT2D eigenvalue weighted by Gasteiger charge is 2.11. The van der Waals surface area contributed by atoms with Crippen molar-refractivity contribution in [3.63, 3.8) is 0 Å². The molecule has 0 saturated heterocycles. The second-order valence-corrected chi connectivity index (χ2v) is 2.91. The maximum atomic E-state index is 3.96. The van der Waals surface area contributed by atoms with Gasteiger partial charge in [-0.1, -0.05) is 13.3 Å². The van der Waals surface area contributed by atoms with E-state index in [9.17, 15) is 0 Å². The molecule has 0 fully saturated rings. The zero-order chi connectivity index (χ0) is 5.91. The average Bonchev–Trinajstić information content (AvgIpc) is 1.30. The van der Waals surface area contributed by atoms with Crippen LogP contribution in [0.4, 0.5) is 0 Å². The van der Waals surface area contributed by atoms with E-state index in [1.165, 1.54) is 12.8 Å². The van der Waals surface area contributed by atoms with Crippen LogP contribution in [0.1, 0.15) is 33.6 Å². The molecule has 1 heteroatoms. The molecule has 7 heavy (non-hydrogen) atoms. The van der Waals surface area contributed by atoms with E-state index in [1.54, 1.807) is 0 Å². The van der Waals surface area contributed by atoms with Crippen LogP contribution in [-0.2, 0) is 0 Å². The molecule has 0 rings (SSSR count). The van der Waals surface area contributed by atoms with E-state index in [-0.39, 0.29) is 0 Å². The Hall–Kier alpha value is -0.0400. The monoisotopic (exact) mass is 102 g/mol. The standard InChI is InChI=1S/C6H15N/c1-4-5-6(2,3)7/h4-5,7H2,1-3H3/p+1. The lowest BCUT2D eigenvalue weighted by atomic mass is 10.0. The first-order valence-electron chi connectivity index (χ1n) is 2.91. The summed E-state index contributed by atoms with van der Waals surface area (Å²) in [4.78, 5) is 0. The lowest BCUT2D eigenvalue weighted by Gasteiger charge is -2.11. The van der Waals surface area contributed by atoms with Crippen LogP contribution in [0.25, 0.3) is 0 Å². The van der Waals surface area contributed by atoms with Crippen molar-refractivity contribution < 1.29 is 5.73 Å². The Labute approximate surface area is 45.9 Å². The van der Waals surface area contributed by atoms with Crippen LogP contribution in [0.2, 0.25) is 0 Å². The molecule has 0 aliphatic carbocycles. The van der Waals surface area contributed by atoms with Gasteiger partial charge in [0.15, 0.2) is 0 Å². The molecule has 1 nitrogen and oxygen atoms in total. The Balaban J connectivity index is 3.15. The Bertz CT molecular complexity index is 42.6. The van der Waals surface area contributed by atoms with Crippen molar-refractivity contribution in [2.24, 2.45) is 0 Å². The molecule has 0 atom stereocenters. The first kappa shape index (κ1) is 6.96. The van der Waals surface area contributed by atoms with Crippen LogP contribution in [0.3, 0.4) is 0 Å². The van der Waals surface area contributed by atoms with Gasteiger partial charge in [0.2, 0.25) is 0 Å². The molecule has 0 saturated carbocycles. The predicted molar refractivity (Wildman–Crippen MR) is 31.9 cm³/mol. The van der Waals surface area contributed by atoms with Crippen LogP contribution in [0, 0.1) is 0 Å². The fourth-order valence-electron chi connectivity index (χ4n) is 0.677. The minimum Gasteiger partial charge on any atom is -0.353 e. The van der Waals surface area contributed by atoms with E-state index in [4.69, 9.17) is 0 Å². The highest BCUT2D eigenvalue weighted by atomic mass is 14.7. The molecule has 0 radical (unpaired) electrons. The van der Waals surface area contributed by atoms with Crippen molar-refractivity contribution in [2.75, 3.05) is 0 Å². The lowest BCUT2D eigenvalue weighted by Crippen LogP contribution is -2.68. The van der Waals surface area contributed by atoms with E-state index in [1.807, 2.05) is 0 Å². The van der Waals surface area contributed by atoms with Gasteiger partial charge in [-0.3, -0.25) is 0 Å². The third-order valence-corrected chi connectivity index (χ3v) is 0.927. The summed E-state index contributed by atoms with van der Waals surface area (Å²) < 4.78 is 0. The fourth-order valence-corrected chi connectivity index (χ4v) is 0.677. The van der Waals surface area contributed by atoms with E-state index >= 15 is 0 Å². The topological polar surface area (TPSA) is 27.6 Å². The molecule has 0 heterocycles. The van der Waals surface area contributed by atoms with Gasteiger partial charge in [-0.25, -0.2) is 0 Å². The molecule has 0 aromatic rings. The third kappa shape index (κ3) is 5.96. The molecule has 0 bridgehead atoms. The summed E-state index contributed by atoms with van der Waals surface area (Å²) in [7, 11) is 0. The molecular weight excluding hydrogens is 86.1 g/mol. The number of quaternary nitrogens is 1. The van der Waals surface area contributed by atoms with E-state index < -0.39 is 0 Å². The second kappa shape index (κ2) is 2.31. The summed E-state index contributed by atoms with van der Waals surface area (Å²) in [6.45, 7) is 6.51. The van der Waals surface area contributed by atoms with Crippen molar-refractivity contribution in [3.05, 3.63) is 0 Å². The predicted octanol–water partition coefficient (Wildman–Crippen LogP) is 0.807. The Morgan fingerprint density at radius 1 is 1.43 bits per heavy atom. The van der Waals surface area contributed by atoms with Crippen LogP contribution in [0.5, 0.6) is 0 Å². The SMILES string of the molecule is CCCC(C)(C)[NH3+]. The third-order valence-electron chi connectivity index (χ3n) is 0.927. The van der Waals surface area contributed by atoms with Gasteiger partial charge in [-0.05, 0) is 13.8 Å². The maximum absolute atomic E-state index is 3.96. The van der Waals surface area contributed by atoms with Crippen LogP contribution in [-0.4, -0.2) is 5.54 Å². The van der Waals surface area contributed by atoms with Crippen molar-refractivity contribution >= 4 is 0 Å². The van der Waals surface area contributed by atoms with Gasteiger partial charge in [0.25, 0.3) is 0 Å². The quantitative estimate of drug-likeness (QED) is 0.534. The largest absolute Gasteiger partial charge is 0.353 e. The molecule has 44 valence electrons. The van der Waals surface area contributed by atoms with E-state index in [0.29, 0.717) is 5.54 Å². The molecule has 0 aromatic carbocycles. The van der Waals surface area contributed by atoms with Gasteiger partial charge in [-0.2, -0.15) is 0 Å². The first-order valence-corrected chi connectivity index (χ1v) is 2.91. The van der Waals surface area contributed by atoms with Gasteiger partial charge in [0, 0.05) is 6.42 Å². The minimum atomic E-state index is 0.300. The maximum Gasteiger partial charge on any atom is 0.0888 e. The first-order chi connectivity index (χ1) is 3.06.